The van der Waals surface area contributed by atoms with Crippen molar-refractivity contribution in [2.75, 3.05) is 33.2 Å². The molecule has 2 N–H and O–H groups in total. The van der Waals surface area contributed by atoms with Gasteiger partial charge in [0, 0.05) is 32.0 Å². The molecule has 0 aliphatic carbocycles. The van der Waals surface area contributed by atoms with Crippen LogP contribution in [-0.2, 0) is 6.54 Å². The first-order valence-corrected chi connectivity index (χ1v) is 5.77. The highest BCUT2D eigenvalue weighted by atomic mass is 16.3. The Morgan fingerprint density at radius 3 is 3.00 bits per heavy atom. The molecule has 0 aliphatic rings. The van der Waals surface area contributed by atoms with Crippen LogP contribution in [-0.4, -0.2) is 59.1 Å². The highest BCUT2D eigenvalue weighted by molar-refractivity contribution is 4.78. The summed E-state index contributed by atoms with van der Waals surface area (Å²) < 4.78 is 1.74. The first-order chi connectivity index (χ1) is 7.72. The lowest BCUT2D eigenvalue weighted by Gasteiger charge is -2.16. The van der Waals surface area contributed by atoms with Gasteiger partial charge in [0.05, 0.1) is 12.6 Å². The minimum atomic E-state index is -0.383. The Morgan fingerprint density at radius 2 is 2.38 bits per heavy atom. The molecule has 92 valence electrons. The number of aromatic nitrogens is 2. The van der Waals surface area contributed by atoms with Crippen molar-refractivity contribution in [1.82, 2.24) is 20.0 Å². The molecule has 0 aromatic carbocycles. The average Bonchev–Trinajstić information content (AvgIpc) is 2.76. The van der Waals surface area contributed by atoms with Crippen LogP contribution in [0.4, 0.5) is 0 Å². The highest BCUT2D eigenvalue weighted by Crippen LogP contribution is 1.89. The average molecular weight is 226 g/mol. The van der Waals surface area contributed by atoms with Gasteiger partial charge in [0.2, 0.25) is 0 Å². The molecule has 0 amide bonds. The van der Waals surface area contributed by atoms with Crippen molar-refractivity contribution >= 4 is 0 Å². The minimum Gasteiger partial charge on any atom is -0.390 e. The molecule has 0 saturated carbocycles. The van der Waals surface area contributed by atoms with Crippen LogP contribution in [0.3, 0.4) is 0 Å². The topological polar surface area (TPSA) is 53.3 Å². The maximum absolute atomic E-state index is 9.71. The summed E-state index contributed by atoms with van der Waals surface area (Å²) in [5.41, 5.74) is 0. The lowest BCUT2D eigenvalue weighted by molar-refractivity contribution is 0.146. The third-order valence-electron chi connectivity index (χ3n) is 2.55. The van der Waals surface area contributed by atoms with Crippen molar-refractivity contribution in [3.8, 4) is 0 Å². The summed E-state index contributed by atoms with van der Waals surface area (Å²) in [6.07, 6.45) is 3.19. The number of nitrogens with one attached hydrogen (secondary N) is 1. The maximum atomic E-state index is 9.71. The summed E-state index contributed by atoms with van der Waals surface area (Å²) in [4.78, 5) is 2.23. The molecule has 16 heavy (non-hydrogen) atoms. The van der Waals surface area contributed by atoms with Gasteiger partial charge in [0.15, 0.2) is 0 Å². The molecular weight excluding hydrogens is 204 g/mol. The van der Waals surface area contributed by atoms with Crippen LogP contribution in [0.15, 0.2) is 18.5 Å². The lowest BCUT2D eigenvalue weighted by Crippen LogP contribution is -2.35. The van der Waals surface area contributed by atoms with Gasteiger partial charge in [-0.15, -0.1) is 0 Å². The quantitative estimate of drug-likeness (QED) is 0.602. The maximum Gasteiger partial charge on any atom is 0.0860 e. The van der Waals surface area contributed by atoms with Crippen molar-refractivity contribution in [1.29, 1.82) is 0 Å². The molecular formula is C11H22N4O. The molecule has 0 fully saturated rings. The van der Waals surface area contributed by atoms with Crippen molar-refractivity contribution in [3.63, 3.8) is 0 Å². The smallest absolute Gasteiger partial charge is 0.0860 e. The van der Waals surface area contributed by atoms with Gasteiger partial charge in [0.25, 0.3) is 0 Å². The molecule has 1 rings (SSSR count). The Morgan fingerprint density at radius 1 is 1.56 bits per heavy atom. The van der Waals surface area contributed by atoms with Crippen molar-refractivity contribution < 1.29 is 5.11 Å². The summed E-state index contributed by atoms with van der Waals surface area (Å²) >= 11 is 0. The fourth-order valence-corrected chi connectivity index (χ4v) is 1.39. The first kappa shape index (κ1) is 13.2. The lowest BCUT2D eigenvalue weighted by atomic mass is 10.3. The van der Waals surface area contributed by atoms with Gasteiger partial charge >= 0.3 is 0 Å². The van der Waals surface area contributed by atoms with Gasteiger partial charge in [-0.25, -0.2) is 0 Å². The van der Waals surface area contributed by atoms with Crippen molar-refractivity contribution in [3.05, 3.63) is 18.5 Å². The Balaban J connectivity index is 2.04. The third kappa shape index (κ3) is 5.25. The molecule has 0 saturated heterocycles. The second kappa shape index (κ2) is 7.38. The number of rotatable bonds is 8. The number of hydrogen-bond acceptors (Lipinski definition) is 4. The van der Waals surface area contributed by atoms with E-state index in [2.05, 4.69) is 29.3 Å². The van der Waals surface area contributed by atoms with Crippen molar-refractivity contribution in [2.24, 2.45) is 0 Å². The molecule has 1 aromatic heterocycles. The summed E-state index contributed by atoms with van der Waals surface area (Å²) in [5, 5.41) is 17.0. The van der Waals surface area contributed by atoms with E-state index in [0.29, 0.717) is 13.1 Å². The highest BCUT2D eigenvalue weighted by Gasteiger charge is 2.04. The van der Waals surface area contributed by atoms with E-state index in [1.807, 2.05) is 12.3 Å². The fourth-order valence-electron chi connectivity index (χ4n) is 1.39. The number of hydrogen-bond donors (Lipinski definition) is 2. The van der Waals surface area contributed by atoms with E-state index in [9.17, 15) is 5.11 Å². The largest absolute Gasteiger partial charge is 0.390 e. The van der Waals surface area contributed by atoms with Crippen LogP contribution in [0, 0.1) is 0 Å². The number of aliphatic hydroxyl groups is 1. The molecule has 1 heterocycles. The van der Waals surface area contributed by atoms with E-state index < -0.39 is 0 Å². The Hall–Kier alpha value is -0.910. The second-order valence-electron chi connectivity index (χ2n) is 3.98. The molecule has 0 bridgehead atoms. The van der Waals surface area contributed by atoms with E-state index >= 15 is 0 Å². The molecule has 1 aromatic rings. The molecule has 0 aliphatic heterocycles. The number of nitrogens with zero attached hydrogens (tertiary/aromatic N) is 3. The minimum absolute atomic E-state index is 0.383. The zero-order valence-electron chi connectivity index (χ0n) is 10.1. The zero-order chi connectivity index (χ0) is 11.8. The number of aliphatic hydroxyl groups excluding tert-OH is 1. The van der Waals surface area contributed by atoms with Gasteiger partial charge in [-0.2, -0.15) is 5.10 Å². The normalized spacial score (nSPS) is 13.2. The molecule has 1 unspecified atom stereocenters. The van der Waals surface area contributed by atoms with Crippen LogP contribution in [0.5, 0.6) is 0 Å². The number of likely N-dealkylation sites (N-methyl/N-ethyl adjacent to an activating group) is 1. The van der Waals surface area contributed by atoms with Crippen LogP contribution in [0.1, 0.15) is 6.92 Å². The van der Waals surface area contributed by atoms with E-state index in [1.54, 1.807) is 10.9 Å². The predicted molar refractivity (Wildman–Crippen MR) is 64.3 cm³/mol. The third-order valence-corrected chi connectivity index (χ3v) is 2.55. The molecule has 1 atom stereocenters. The fraction of sp³-hybridized carbons (Fsp3) is 0.727. The Kier molecular flexibility index (Phi) is 6.07. The summed E-state index contributed by atoms with van der Waals surface area (Å²) in [6.45, 7) is 6.25. The van der Waals surface area contributed by atoms with Gasteiger partial charge in [-0.05, 0) is 19.7 Å². The van der Waals surface area contributed by atoms with Gasteiger partial charge in [-0.3, -0.25) is 4.68 Å². The zero-order valence-corrected chi connectivity index (χ0v) is 10.1. The standard InChI is InChI=1S/C11H22N4O/c1-3-14(2)8-6-12-9-11(16)10-15-7-4-5-13-15/h4-5,7,11-12,16H,3,6,8-10H2,1-2H3. The van der Waals surface area contributed by atoms with Crippen LogP contribution >= 0.6 is 0 Å². The Bertz CT molecular complexity index is 263. The van der Waals surface area contributed by atoms with Crippen LogP contribution in [0.2, 0.25) is 0 Å². The van der Waals surface area contributed by atoms with Gasteiger partial charge in [0.1, 0.15) is 0 Å². The van der Waals surface area contributed by atoms with E-state index in [4.69, 9.17) is 0 Å². The summed E-state index contributed by atoms with van der Waals surface area (Å²) in [6, 6.07) is 1.86. The predicted octanol–water partition coefficient (Wildman–Crippen LogP) is -0.215. The van der Waals surface area contributed by atoms with Gasteiger partial charge < -0.3 is 15.3 Å². The monoisotopic (exact) mass is 226 g/mol. The summed E-state index contributed by atoms with van der Waals surface area (Å²) in [5.74, 6) is 0. The van der Waals surface area contributed by atoms with E-state index in [-0.39, 0.29) is 6.10 Å². The SMILES string of the molecule is CCN(C)CCNCC(O)Cn1cccn1. The van der Waals surface area contributed by atoms with Gasteiger partial charge in [-0.1, -0.05) is 6.92 Å². The van der Waals surface area contributed by atoms with Crippen LogP contribution < -0.4 is 5.32 Å². The van der Waals surface area contributed by atoms with Crippen molar-refractivity contribution in [2.45, 2.75) is 19.6 Å². The van der Waals surface area contributed by atoms with E-state index in [0.717, 1.165) is 19.6 Å². The second-order valence-corrected chi connectivity index (χ2v) is 3.98. The molecule has 5 heteroatoms. The first-order valence-electron chi connectivity index (χ1n) is 5.77. The van der Waals surface area contributed by atoms with Crippen LogP contribution in [0.25, 0.3) is 0 Å². The molecule has 0 radical (unpaired) electrons. The van der Waals surface area contributed by atoms with E-state index in [1.165, 1.54) is 0 Å². The summed E-state index contributed by atoms with van der Waals surface area (Å²) in [7, 11) is 2.09. The Labute approximate surface area is 97.1 Å². The molecule has 0 spiro atoms. The molecule has 5 nitrogen and oxygen atoms in total.